The first-order valence-corrected chi connectivity index (χ1v) is 9.86. The highest BCUT2D eigenvalue weighted by molar-refractivity contribution is 5.76. The van der Waals surface area contributed by atoms with Gasteiger partial charge in [-0.1, -0.05) is 39.0 Å². The van der Waals surface area contributed by atoms with Gasteiger partial charge in [0, 0.05) is 6.42 Å². The van der Waals surface area contributed by atoms with Gasteiger partial charge in [-0.05, 0) is 27.2 Å². The highest BCUT2D eigenvalue weighted by Crippen LogP contribution is 2.38. The Balaban J connectivity index is 1.71. The molecule has 5 heteroatoms. The van der Waals surface area contributed by atoms with Crippen molar-refractivity contribution >= 4 is 5.78 Å². The molecule has 0 amide bonds. The molecule has 0 aromatic carbocycles. The molecule has 2 saturated heterocycles. The van der Waals surface area contributed by atoms with E-state index in [9.17, 15) is 4.79 Å². The van der Waals surface area contributed by atoms with Crippen molar-refractivity contribution in [1.29, 1.82) is 0 Å². The average Bonchev–Trinajstić information content (AvgIpc) is 2.56. The molecule has 1 spiro atoms. The molecule has 0 radical (unpaired) electrons. The summed E-state index contributed by atoms with van der Waals surface area (Å²) in [4.78, 5) is 11.3. The Bertz CT molecular complexity index is 416. The summed E-state index contributed by atoms with van der Waals surface area (Å²) in [6.07, 6.45) is 8.81. The van der Waals surface area contributed by atoms with Crippen molar-refractivity contribution in [2.45, 2.75) is 90.6 Å². The number of Topliss-reactive ketones (excluding diaryl/α,β-unsaturated/α-hetero) is 1. The lowest BCUT2D eigenvalue weighted by atomic mass is 9.89. The molecule has 2 heterocycles. The summed E-state index contributed by atoms with van der Waals surface area (Å²) in [5, 5.41) is 0. The molecule has 0 aromatic rings. The molecule has 0 saturated carbocycles. The second-order valence-electron chi connectivity index (χ2n) is 8.32. The molecular formula is C20H36O5. The minimum atomic E-state index is -0.809. The molecule has 2 fully saturated rings. The Labute approximate surface area is 152 Å². The van der Waals surface area contributed by atoms with Crippen LogP contribution in [0.15, 0.2) is 0 Å². The zero-order valence-corrected chi connectivity index (χ0v) is 16.5. The Kier molecular flexibility index (Phi) is 7.44. The third-order valence-electron chi connectivity index (χ3n) is 5.29. The van der Waals surface area contributed by atoms with E-state index in [0.29, 0.717) is 26.4 Å². The average molecular weight is 357 g/mol. The van der Waals surface area contributed by atoms with Gasteiger partial charge in [-0.2, -0.15) is 0 Å². The molecule has 0 bridgehead atoms. The van der Waals surface area contributed by atoms with Crippen molar-refractivity contribution in [2.24, 2.45) is 5.41 Å². The van der Waals surface area contributed by atoms with Crippen LogP contribution < -0.4 is 0 Å². The Hall–Kier alpha value is -0.490. The molecule has 146 valence electrons. The van der Waals surface area contributed by atoms with Crippen LogP contribution in [0.1, 0.15) is 79.1 Å². The van der Waals surface area contributed by atoms with Crippen molar-refractivity contribution < 1.29 is 23.7 Å². The molecular weight excluding hydrogens is 320 g/mol. The maximum Gasteiger partial charge on any atom is 0.172 e. The Morgan fingerprint density at radius 2 is 1.28 bits per heavy atom. The van der Waals surface area contributed by atoms with E-state index in [-0.39, 0.29) is 17.6 Å². The highest BCUT2D eigenvalue weighted by Gasteiger charge is 2.48. The number of carbonyl (C=O) groups is 1. The maximum atomic E-state index is 11.3. The zero-order valence-electron chi connectivity index (χ0n) is 16.5. The fourth-order valence-corrected chi connectivity index (χ4v) is 3.48. The van der Waals surface area contributed by atoms with E-state index in [4.69, 9.17) is 18.9 Å². The van der Waals surface area contributed by atoms with Crippen molar-refractivity contribution in [3.63, 3.8) is 0 Å². The van der Waals surface area contributed by atoms with E-state index in [0.717, 1.165) is 12.8 Å². The van der Waals surface area contributed by atoms with Gasteiger partial charge in [0.15, 0.2) is 11.6 Å². The Morgan fingerprint density at radius 1 is 0.800 bits per heavy atom. The lowest BCUT2D eigenvalue weighted by Crippen LogP contribution is -2.58. The number of ether oxygens (including phenoxy) is 4. The van der Waals surface area contributed by atoms with Gasteiger partial charge in [-0.15, -0.1) is 0 Å². The number of rotatable bonds is 9. The first kappa shape index (κ1) is 20.8. The third kappa shape index (κ3) is 6.31. The first-order chi connectivity index (χ1) is 11.8. The summed E-state index contributed by atoms with van der Waals surface area (Å²) >= 11 is 0. The highest BCUT2D eigenvalue weighted by atomic mass is 16.7. The van der Waals surface area contributed by atoms with Gasteiger partial charge in [-0.3, -0.25) is 4.79 Å². The SMILES string of the molecule is CCCCCCCCC1(C)OCC2(CO1)COC(C)(CC(C)=O)OC2. The van der Waals surface area contributed by atoms with Crippen LogP contribution in [0.25, 0.3) is 0 Å². The van der Waals surface area contributed by atoms with E-state index in [1.807, 2.05) is 13.8 Å². The number of unbranched alkanes of at least 4 members (excludes halogenated alkanes) is 5. The molecule has 2 rings (SSSR count). The van der Waals surface area contributed by atoms with E-state index in [1.54, 1.807) is 6.92 Å². The smallest absolute Gasteiger partial charge is 0.172 e. The zero-order chi connectivity index (χ0) is 18.4. The standard InChI is InChI=1S/C20H36O5/c1-5-6-7-8-9-10-11-18(3)22-13-20(14-23-18)15-24-19(4,25-16-20)12-17(2)21/h5-16H2,1-4H3. The molecule has 0 aliphatic carbocycles. The molecule has 25 heavy (non-hydrogen) atoms. The lowest BCUT2D eigenvalue weighted by molar-refractivity contribution is -0.360. The van der Waals surface area contributed by atoms with Crippen LogP contribution >= 0.6 is 0 Å². The monoisotopic (exact) mass is 356 g/mol. The van der Waals surface area contributed by atoms with E-state index < -0.39 is 11.6 Å². The molecule has 0 atom stereocenters. The molecule has 2 aliphatic rings. The molecule has 5 nitrogen and oxygen atoms in total. The van der Waals surface area contributed by atoms with Gasteiger partial charge >= 0.3 is 0 Å². The van der Waals surface area contributed by atoms with Gasteiger partial charge in [0.2, 0.25) is 0 Å². The van der Waals surface area contributed by atoms with Crippen LogP contribution in [-0.4, -0.2) is 43.8 Å². The normalized spacial score (nSPS) is 35.8. The maximum absolute atomic E-state index is 11.3. The van der Waals surface area contributed by atoms with Gasteiger partial charge in [0.25, 0.3) is 0 Å². The van der Waals surface area contributed by atoms with Crippen LogP contribution in [0.4, 0.5) is 0 Å². The summed E-state index contributed by atoms with van der Waals surface area (Å²) in [5.74, 6) is -1.23. The third-order valence-corrected chi connectivity index (χ3v) is 5.29. The minimum Gasteiger partial charge on any atom is -0.349 e. The number of hydrogen-bond donors (Lipinski definition) is 0. The van der Waals surface area contributed by atoms with Crippen molar-refractivity contribution in [3.05, 3.63) is 0 Å². The fourth-order valence-electron chi connectivity index (χ4n) is 3.48. The summed E-state index contributed by atoms with van der Waals surface area (Å²) in [6, 6.07) is 0. The second kappa shape index (κ2) is 8.94. The van der Waals surface area contributed by atoms with Crippen LogP contribution in [0.3, 0.4) is 0 Å². The van der Waals surface area contributed by atoms with E-state index in [2.05, 4.69) is 6.92 Å². The number of hydrogen-bond acceptors (Lipinski definition) is 5. The fraction of sp³-hybridized carbons (Fsp3) is 0.950. The van der Waals surface area contributed by atoms with Crippen molar-refractivity contribution in [1.82, 2.24) is 0 Å². The number of carbonyl (C=O) groups excluding carboxylic acids is 1. The quantitative estimate of drug-likeness (QED) is 0.579. The molecule has 0 N–H and O–H groups in total. The van der Waals surface area contributed by atoms with Crippen molar-refractivity contribution in [3.8, 4) is 0 Å². The minimum absolute atomic E-state index is 0.0705. The topological polar surface area (TPSA) is 54.0 Å². The van der Waals surface area contributed by atoms with Crippen LogP contribution in [0.2, 0.25) is 0 Å². The summed E-state index contributed by atoms with van der Waals surface area (Å²) in [7, 11) is 0. The van der Waals surface area contributed by atoms with E-state index >= 15 is 0 Å². The van der Waals surface area contributed by atoms with Gasteiger partial charge < -0.3 is 18.9 Å². The van der Waals surface area contributed by atoms with Gasteiger partial charge in [0.1, 0.15) is 5.78 Å². The number of ketones is 1. The van der Waals surface area contributed by atoms with Gasteiger partial charge in [0.05, 0.1) is 38.3 Å². The molecule has 0 aromatic heterocycles. The van der Waals surface area contributed by atoms with Gasteiger partial charge in [-0.25, -0.2) is 0 Å². The predicted octanol–water partition coefficient (Wildman–Crippen LogP) is 4.23. The predicted molar refractivity (Wildman–Crippen MR) is 96.3 cm³/mol. The molecule has 0 unspecified atom stereocenters. The van der Waals surface area contributed by atoms with Crippen molar-refractivity contribution in [2.75, 3.05) is 26.4 Å². The van der Waals surface area contributed by atoms with Crippen LogP contribution in [-0.2, 0) is 23.7 Å². The summed E-state index contributed by atoms with van der Waals surface area (Å²) in [5.41, 5.74) is -0.253. The summed E-state index contributed by atoms with van der Waals surface area (Å²) < 4.78 is 23.9. The Morgan fingerprint density at radius 3 is 1.80 bits per heavy atom. The largest absolute Gasteiger partial charge is 0.349 e. The second-order valence-corrected chi connectivity index (χ2v) is 8.32. The lowest BCUT2D eigenvalue weighted by Gasteiger charge is -2.49. The first-order valence-electron chi connectivity index (χ1n) is 9.86. The van der Waals surface area contributed by atoms with Crippen LogP contribution in [0.5, 0.6) is 0 Å². The molecule has 2 aliphatic heterocycles. The summed E-state index contributed by atoms with van der Waals surface area (Å²) in [6.45, 7) is 9.83. The van der Waals surface area contributed by atoms with E-state index in [1.165, 1.54) is 32.1 Å². The van der Waals surface area contributed by atoms with Crippen LogP contribution in [0, 0.1) is 5.41 Å².